The third-order valence-electron chi connectivity index (χ3n) is 4.29. The first-order chi connectivity index (χ1) is 10.9. The lowest BCUT2D eigenvalue weighted by Crippen LogP contribution is -2.42. The summed E-state index contributed by atoms with van der Waals surface area (Å²) in [5.74, 6) is -0.473. The molecule has 0 aliphatic carbocycles. The number of benzene rings is 1. The first-order valence-corrected chi connectivity index (χ1v) is 7.65. The van der Waals surface area contributed by atoms with Crippen LogP contribution in [-0.2, 0) is 0 Å². The predicted octanol–water partition coefficient (Wildman–Crippen LogP) is 4.07. The number of alkyl halides is 3. The summed E-state index contributed by atoms with van der Waals surface area (Å²) in [5.41, 5.74) is 0.821. The van der Waals surface area contributed by atoms with Gasteiger partial charge in [0.15, 0.2) is 0 Å². The molecule has 1 aliphatic rings. The molecule has 1 aliphatic heterocycles. The Morgan fingerprint density at radius 1 is 1.26 bits per heavy atom. The molecule has 124 valence electrons. The van der Waals surface area contributed by atoms with E-state index in [-0.39, 0.29) is 19.0 Å². The Kier molecular flexibility index (Phi) is 4.39. The van der Waals surface area contributed by atoms with Crippen LogP contribution in [0, 0.1) is 5.92 Å². The van der Waals surface area contributed by atoms with Crippen LogP contribution >= 0.6 is 0 Å². The lowest BCUT2D eigenvalue weighted by Gasteiger charge is -2.36. The van der Waals surface area contributed by atoms with Crippen LogP contribution in [0.3, 0.4) is 0 Å². The molecule has 23 heavy (non-hydrogen) atoms. The third kappa shape index (κ3) is 3.55. The molecule has 3 rings (SSSR count). The molecule has 0 unspecified atom stereocenters. The lowest BCUT2D eigenvalue weighted by molar-refractivity contribution is -0.188. The highest BCUT2D eigenvalue weighted by Gasteiger charge is 2.43. The summed E-state index contributed by atoms with van der Waals surface area (Å²) < 4.78 is 44.1. The zero-order valence-electron chi connectivity index (χ0n) is 12.8. The largest absolute Gasteiger partial charge is 0.393 e. The zero-order valence-corrected chi connectivity index (χ0v) is 12.8. The molecule has 0 radical (unpaired) electrons. The minimum atomic E-state index is -4.15. The lowest BCUT2D eigenvalue weighted by atomic mass is 9.96. The van der Waals surface area contributed by atoms with Crippen molar-refractivity contribution in [3.8, 4) is 11.4 Å². The summed E-state index contributed by atoms with van der Waals surface area (Å²) in [5, 5.41) is 3.94. The van der Waals surface area contributed by atoms with Gasteiger partial charge in [-0.2, -0.15) is 18.2 Å². The molecule has 0 saturated carbocycles. The second-order valence-electron chi connectivity index (χ2n) is 5.87. The van der Waals surface area contributed by atoms with E-state index in [1.807, 2.05) is 30.3 Å². The van der Waals surface area contributed by atoms with Crippen LogP contribution < -0.4 is 0 Å². The molecule has 4 nitrogen and oxygen atoms in total. The van der Waals surface area contributed by atoms with Crippen LogP contribution in [0.5, 0.6) is 0 Å². The maximum atomic E-state index is 12.9. The smallest absolute Gasteiger partial charge is 0.337 e. The SMILES string of the molecule is C[C@@H](c1nc(-c2ccccc2)no1)N1CCC[C@@H](C(F)(F)F)C1. The van der Waals surface area contributed by atoms with Gasteiger partial charge in [-0.1, -0.05) is 35.5 Å². The van der Waals surface area contributed by atoms with E-state index in [4.69, 9.17) is 4.52 Å². The van der Waals surface area contributed by atoms with Crippen molar-refractivity contribution in [1.82, 2.24) is 15.0 Å². The van der Waals surface area contributed by atoms with Gasteiger partial charge in [0.1, 0.15) is 0 Å². The topological polar surface area (TPSA) is 42.2 Å². The van der Waals surface area contributed by atoms with Gasteiger partial charge in [0.25, 0.3) is 0 Å². The van der Waals surface area contributed by atoms with Crippen molar-refractivity contribution >= 4 is 0 Å². The molecule has 1 aromatic carbocycles. The average Bonchev–Trinajstić information content (AvgIpc) is 3.04. The van der Waals surface area contributed by atoms with Crippen LogP contribution in [0.25, 0.3) is 11.4 Å². The number of hydrogen-bond acceptors (Lipinski definition) is 4. The van der Waals surface area contributed by atoms with Gasteiger partial charge in [-0.15, -0.1) is 0 Å². The highest BCUT2D eigenvalue weighted by molar-refractivity contribution is 5.53. The number of rotatable bonds is 3. The van der Waals surface area contributed by atoms with Crippen LogP contribution in [0.2, 0.25) is 0 Å². The molecule has 7 heteroatoms. The molecule has 0 amide bonds. The summed E-state index contributed by atoms with van der Waals surface area (Å²) in [7, 11) is 0. The standard InChI is InChI=1S/C16H18F3N3O/c1-11(22-9-5-8-13(10-22)16(17,18)19)15-20-14(21-23-15)12-6-3-2-4-7-12/h2-4,6-7,11,13H,5,8-10H2,1H3/t11-,13+/m0/s1. The number of piperidine rings is 1. The van der Waals surface area contributed by atoms with Crippen LogP contribution in [-0.4, -0.2) is 34.3 Å². The third-order valence-corrected chi connectivity index (χ3v) is 4.29. The molecule has 2 heterocycles. The Morgan fingerprint density at radius 2 is 2.00 bits per heavy atom. The Bertz CT molecular complexity index is 642. The Morgan fingerprint density at radius 3 is 2.70 bits per heavy atom. The van der Waals surface area contributed by atoms with Gasteiger partial charge < -0.3 is 4.52 Å². The Labute approximate surface area is 132 Å². The Hall–Kier alpha value is -1.89. The van der Waals surface area contributed by atoms with E-state index in [1.54, 1.807) is 11.8 Å². The first-order valence-electron chi connectivity index (χ1n) is 7.65. The monoisotopic (exact) mass is 325 g/mol. The van der Waals surface area contributed by atoms with Gasteiger partial charge in [-0.05, 0) is 26.3 Å². The summed E-state index contributed by atoms with van der Waals surface area (Å²) >= 11 is 0. The van der Waals surface area contributed by atoms with Gasteiger partial charge in [0.2, 0.25) is 11.7 Å². The second-order valence-corrected chi connectivity index (χ2v) is 5.87. The van der Waals surface area contributed by atoms with Gasteiger partial charge in [0.05, 0.1) is 12.0 Å². The van der Waals surface area contributed by atoms with Crippen molar-refractivity contribution in [3.05, 3.63) is 36.2 Å². The van der Waals surface area contributed by atoms with E-state index in [0.29, 0.717) is 24.7 Å². The van der Waals surface area contributed by atoms with E-state index >= 15 is 0 Å². The van der Waals surface area contributed by atoms with Crippen LogP contribution in [0.1, 0.15) is 31.7 Å². The van der Waals surface area contributed by atoms with Crippen LogP contribution in [0.4, 0.5) is 13.2 Å². The number of halogens is 3. The minimum absolute atomic E-state index is 0.0201. The van der Waals surface area contributed by atoms with E-state index in [9.17, 15) is 13.2 Å². The molecule has 2 aromatic rings. The molecule has 1 aromatic heterocycles. The first kappa shape index (κ1) is 16.0. The van der Waals surface area contributed by atoms with Gasteiger partial charge in [-0.3, -0.25) is 4.90 Å². The highest BCUT2D eigenvalue weighted by Crippen LogP contribution is 2.35. The molecular formula is C16H18F3N3O. The number of hydrogen-bond donors (Lipinski definition) is 0. The quantitative estimate of drug-likeness (QED) is 0.853. The zero-order chi connectivity index (χ0) is 16.4. The van der Waals surface area contributed by atoms with E-state index in [0.717, 1.165) is 5.56 Å². The van der Waals surface area contributed by atoms with E-state index < -0.39 is 12.1 Å². The molecule has 1 fully saturated rings. The summed E-state index contributed by atoms with van der Waals surface area (Å²) in [4.78, 5) is 6.11. The van der Waals surface area contributed by atoms with E-state index in [2.05, 4.69) is 10.1 Å². The van der Waals surface area contributed by atoms with Crippen molar-refractivity contribution in [2.75, 3.05) is 13.1 Å². The molecule has 0 N–H and O–H groups in total. The molecular weight excluding hydrogens is 307 g/mol. The van der Waals surface area contributed by atoms with Crippen molar-refractivity contribution < 1.29 is 17.7 Å². The van der Waals surface area contributed by atoms with Crippen molar-refractivity contribution in [1.29, 1.82) is 0 Å². The number of likely N-dealkylation sites (tertiary alicyclic amines) is 1. The second kappa shape index (κ2) is 6.31. The number of nitrogens with zero attached hydrogens (tertiary/aromatic N) is 3. The normalized spacial score (nSPS) is 21.3. The van der Waals surface area contributed by atoms with Gasteiger partial charge in [0, 0.05) is 12.1 Å². The van der Waals surface area contributed by atoms with Crippen molar-refractivity contribution in [2.45, 2.75) is 32.0 Å². The maximum absolute atomic E-state index is 12.9. The summed E-state index contributed by atoms with van der Waals surface area (Å²) in [6, 6.07) is 9.02. The van der Waals surface area contributed by atoms with Gasteiger partial charge in [-0.25, -0.2) is 0 Å². The van der Waals surface area contributed by atoms with Crippen molar-refractivity contribution in [3.63, 3.8) is 0 Å². The summed E-state index contributed by atoms with van der Waals surface area (Å²) in [6.07, 6.45) is -3.44. The van der Waals surface area contributed by atoms with E-state index in [1.165, 1.54) is 0 Å². The fourth-order valence-electron chi connectivity index (χ4n) is 2.89. The average molecular weight is 325 g/mol. The highest BCUT2D eigenvalue weighted by atomic mass is 19.4. The fraction of sp³-hybridized carbons (Fsp3) is 0.500. The van der Waals surface area contributed by atoms with Gasteiger partial charge >= 0.3 is 6.18 Å². The molecule has 0 spiro atoms. The summed E-state index contributed by atoms with van der Waals surface area (Å²) in [6.45, 7) is 2.39. The van der Waals surface area contributed by atoms with Crippen molar-refractivity contribution in [2.24, 2.45) is 5.92 Å². The minimum Gasteiger partial charge on any atom is -0.337 e. The van der Waals surface area contributed by atoms with Crippen LogP contribution in [0.15, 0.2) is 34.9 Å². The maximum Gasteiger partial charge on any atom is 0.393 e. The molecule has 2 atom stereocenters. The molecule has 0 bridgehead atoms. The Balaban J connectivity index is 1.73. The fourth-order valence-corrected chi connectivity index (χ4v) is 2.89. The number of aromatic nitrogens is 2. The predicted molar refractivity (Wildman–Crippen MR) is 78.5 cm³/mol. The molecule has 1 saturated heterocycles.